The average molecular weight is 455 g/mol. The fraction of sp³-hybridized carbons (Fsp3) is 0.519. The fourth-order valence-corrected chi connectivity index (χ4v) is 5.60. The van der Waals surface area contributed by atoms with Crippen LogP contribution in [0.15, 0.2) is 48.5 Å². The van der Waals surface area contributed by atoms with Crippen molar-refractivity contribution in [2.75, 3.05) is 25.0 Å². The lowest BCUT2D eigenvalue weighted by Gasteiger charge is -2.37. The molecular formula is C27H35ClN2O2. The van der Waals surface area contributed by atoms with Gasteiger partial charge in [0, 0.05) is 23.3 Å². The van der Waals surface area contributed by atoms with Crippen molar-refractivity contribution >= 4 is 23.2 Å². The highest BCUT2D eigenvalue weighted by Gasteiger charge is 2.42. The molecule has 4 rings (SSSR count). The Bertz CT molecular complexity index is 893. The van der Waals surface area contributed by atoms with E-state index in [1.165, 1.54) is 32.2 Å². The van der Waals surface area contributed by atoms with Crippen molar-refractivity contribution < 1.29 is 9.53 Å². The lowest BCUT2D eigenvalue weighted by atomic mass is 9.68. The number of halogens is 1. The Hall–Kier alpha value is -2.04. The summed E-state index contributed by atoms with van der Waals surface area (Å²) in [6.45, 7) is 5.12. The number of amides is 1. The summed E-state index contributed by atoms with van der Waals surface area (Å²) < 4.78 is 5.97. The Kier molecular flexibility index (Phi) is 7.75. The van der Waals surface area contributed by atoms with Gasteiger partial charge < -0.3 is 10.1 Å². The highest BCUT2D eigenvalue weighted by Crippen LogP contribution is 2.43. The Morgan fingerprint density at radius 2 is 1.81 bits per heavy atom. The van der Waals surface area contributed by atoms with E-state index in [0.29, 0.717) is 17.7 Å². The van der Waals surface area contributed by atoms with Gasteiger partial charge >= 0.3 is 0 Å². The lowest BCUT2D eigenvalue weighted by molar-refractivity contribution is -0.122. The fourth-order valence-electron chi connectivity index (χ4n) is 5.28. The van der Waals surface area contributed by atoms with Crippen LogP contribution in [-0.2, 0) is 10.2 Å². The molecule has 1 atom stereocenters. The molecule has 1 aliphatic carbocycles. The first kappa shape index (κ1) is 23.1. The van der Waals surface area contributed by atoms with Gasteiger partial charge in [-0.2, -0.15) is 0 Å². The van der Waals surface area contributed by atoms with Crippen LogP contribution in [0.3, 0.4) is 0 Å². The normalized spacial score (nSPS) is 21.1. The van der Waals surface area contributed by atoms with Gasteiger partial charge in [-0.1, -0.05) is 55.5 Å². The molecule has 0 radical (unpaired) electrons. The van der Waals surface area contributed by atoms with Crippen molar-refractivity contribution in [3.05, 3.63) is 59.1 Å². The zero-order chi connectivity index (χ0) is 22.4. The summed E-state index contributed by atoms with van der Waals surface area (Å²) in [7, 11) is 0. The highest BCUT2D eigenvalue weighted by atomic mass is 35.5. The average Bonchev–Trinajstić information content (AvgIpc) is 2.82. The van der Waals surface area contributed by atoms with Gasteiger partial charge in [0.15, 0.2) is 0 Å². The minimum atomic E-state index is -0.559. The van der Waals surface area contributed by atoms with Crippen LogP contribution in [0.25, 0.3) is 0 Å². The molecule has 2 fully saturated rings. The second-order valence-electron chi connectivity index (χ2n) is 9.33. The number of nitrogens with one attached hydrogen (secondary N) is 1. The molecule has 1 saturated carbocycles. The number of rotatable bonds is 7. The minimum absolute atomic E-state index is 0.0399. The second-order valence-corrected chi connectivity index (χ2v) is 9.74. The summed E-state index contributed by atoms with van der Waals surface area (Å²) >= 11 is 6.53. The molecule has 172 valence electrons. The topological polar surface area (TPSA) is 41.6 Å². The van der Waals surface area contributed by atoms with Gasteiger partial charge in [-0.15, -0.1) is 0 Å². The zero-order valence-electron chi connectivity index (χ0n) is 19.1. The molecule has 2 aliphatic rings. The van der Waals surface area contributed by atoms with Crippen LogP contribution in [0.5, 0.6) is 5.75 Å². The van der Waals surface area contributed by atoms with Crippen LogP contribution in [0.4, 0.5) is 5.69 Å². The molecule has 32 heavy (non-hydrogen) atoms. The maximum Gasteiger partial charge on any atom is 0.235 e. The van der Waals surface area contributed by atoms with Crippen molar-refractivity contribution in [1.29, 1.82) is 0 Å². The number of anilines is 1. The van der Waals surface area contributed by atoms with Gasteiger partial charge in [-0.25, -0.2) is 0 Å². The maximum atomic E-state index is 13.5. The molecule has 4 nitrogen and oxygen atoms in total. The smallest absolute Gasteiger partial charge is 0.235 e. The lowest BCUT2D eigenvalue weighted by Crippen LogP contribution is -2.42. The van der Waals surface area contributed by atoms with Crippen LogP contribution in [0.1, 0.15) is 63.9 Å². The number of carbonyl (C=O) groups excluding carboxylic acids is 1. The molecule has 1 N–H and O–H groups in total. The Balaban J connectivity index is 1.37. The molecule has 1 saturated heterocycles. The molecule has 1 amide bonds. The van der Waals surface area contributed by atoms with Crippen LogP contribution in [0, 0.1) is 0 Å². The summed E-state index contributed by atoms with van der Waals surface area (Å²) in [5.41, 5.74) is 1.19. The summed E-state index contributed by atoms with van der Waals surface area (Å²) in [5.74, 6) is 0.879. The van der Waals surface area contributed by atoms with Gasteiger partial charge in [-0.3, -0.25) is 9.69 Å². The summed E-state index contributed by atoms with van der Waals surface area (Å²) in [4.78, 5) is 16.0. The van der Waals surface area contributed by atoms with E-state index < -0.39 is 5.41 Å². The quantitative estimate of drug-likeness (QED) is 0.523. The SMILES string of the molecule is C[C@@H]1CCCCN1CCOc1ccc(NC(=O)C2(c3ccccc3Cl)CCCCC2)cc1. The highest BCUT2D eigenvalue weighted by molar-refractivity contribution is 6.31. The van der Waals surface area contributed by atoms with Crippen molar-refractivity contribution in [2.45, 2.75) is 69.7 Å². The van der Waals surface area contributed by atoms with Crippen molar-refractivity contribution in [3.8, 4) is 5.75 Å². The zero-order valence-corrected chi connectivity index (χ0v) is 19.9. The summed E-state index contributed by atoms with van der Waals surface area (Å²) in [6.07, 6.45) is 8.82. The van der Waals surface area contributed by atoms with Gasteiger partial charge in [0.1, 0.15) is 12.4 Å². The first-order valence-electron chi connectivity index (χ1n) is 12.1. The van der Waals surface area contributed by atoms with Crippen LogP contribution in [0.2, 0.25) is 5.02 Å². The van der Waals surface area contributed by atoms with Crippen molar-refractivity contribution in [3.63, 3.8) is 0 Å². The van der Waals surface area contributed by atoms with E-state index in [1.54, 1.807) is 0 Å². The van der Waals surface area contributed by atoms with Gasteiger partial charge in [0.05, 0.1) is 5.41 Å². The Morgan fingerprint density at radius 1 is 1.06 bits per heavy atom. The molecule has 0 bridgehead atoms. The molecule has 1 aliphatic heterocycles. The maximum absolute atomic E-state index is 13.5. The molecule has 0 unspecified atom stereocenters. The third-order valence-electron chi connectivity index (χ3n) is 7.23. The van der Waals surface area contributed by atoms with Gasteiger partial charge in [0.2, 0.25) is 5.91 Å². The van der Waals surface area contributed by atoms with E-state index in [9.17, 15) is 4.79 Å². The molecule has 0 spiro atoms. The minimum Gasteiger partial charge on any atom is -0.492 e. The van der Waals surface area contributed by atoms with Gasteiger partial charge in [-0.05, 0) is 75.0 Å². The third-order valence-corrected chi connectivity index (χ3v) is 7.56. The molecule has 1 heterocycles. The predicted octanol–water partition coefficient (Wildman–Crippen LogP) is 6.43. The molecule has 2 aromatic rings. The standard InChI is InChI=1S/C27H35ClN2O2/c1-21-9-5-8-18-30(21)19-20-32-23-14-12-22(13-15-23)29-26(31)27(16-6-2-7-17-27)24-10-3-4-11-25(24)28/h3-4,10-15,21H,2,5-9,16-20H2,1H3,(H,29,31)/t21-/m1/s1. The number of nitrogens with zero attached hydrogens (tertiary/aromatic N) is 1. The monoisotopic (exact) mass is 454 g/mol. The molecule has 5 heteroatoms. The summed E-state index contributed by atoms with van der Waals surface area (Å²) in [5, 5.41) is 3.83. The first-order chi connectivity index (χ1) is 15.6. The number of likely N-dealkylation sites (tertiary alicyclic amines) is 1. The van der Waals surface area contributed by atoms with Crippen molar-refractivity contribution in [2.24, 2.45) is 0 Å². The largest absolute Gasteiger partial charge is 0.492 e. The number of carbonyl (C=O) groups is 1. The van der Waals surface area contributed by atoms with Crippen LogP contribution < -0.4 is 10.1 Å². The number of piperidine rings is 1. The van der Waals surface area contributed by atoms with E-state index in [2.05, 4.69) is 17.1 Å². The molecule has 0 aromatic heterocycles. The molecular weight excluding hydrogens is 420 g/mol. The first-order valence-corrected chi connectivity index (χ1v) is 12.5. The Labute approximate surface area is 197 Å². The number of ether oxygens (including phenoxy) is 1. The third kappa shape index (κ3) is 5.29. The summed E-state index contributed by atoms with van der Waals surface area (Å²) in [6, 6.07) is 16.2. The van der Waals surface area contributed by atoms with E-state index in [4.69, 9.17) is 16.3 Å². The predicted molar refractivity (Wildman–Crippen MR) is 132 cm³/mol. The van der Waals surface area contributed by atoms with Crippen LogP contribution >= 0.6 is 11.6 Å². The van der Waals surface area contributed by atoms with E-state index >= 15 is 0 Å². The van der Waals surface area contributed by atoms with E-state index in [0.717, 1.165) is 49.2 Å². The van der Waals surface area contributed by atoms with Crippen LogP contribution in [-0.4, -0.2) is 36.5 Å². The van der Waals surface area contributed by atoms with E-state index in [1.807, 2.05) is 48.5 Å². The van der Waals surface area contributed by atoms with E-state index in [-0.39, 0.29) is 5.91 Å². The Morgan fingerprint density at radius 3 is 2.53 bits per heavy atom. The number of hydrogen-bond acceptors (Lipinski definition) is 3. The number of benzene rings is 2. The molecule has 2 aromatic carbocycles. The van der Waals surface area contributed by atoms with Crippen molar-refractivity contribution in [1.82, 2.24) is 4.90 Å². The van der Waals surface area contributed by atoms with Gasteiger partial charge in [0.25, 0.3) is 0 Å². The second kappa shape index (κ2) is 10.7. The number of hydrogen-bond donors (Lipinski definition) is 1.